The molecule has 4 amide bonds. The van der Waals surface area contributed by atoms with Crippen LogP contribution in [-0.4, -0.2) is 56.2 Å². The van der Waals surface area contributed by atoms with Crippen LogP contribution in [0.3, 0.4) is 0 Å². The Bertz CT molecular complexity index is 1070. The number of amides is 4. The van der Waals surface area contributed by atoms with Crippen molar-refractivity contribution in [3.63, 3.8) is 0 Å². The summed E-state index contributed by atoms with van der Waals surface area (Å²) in [6, 6.07) is 23.4. The molecular weight excluding hydrogens is 445 g/mol. The number of barbiturate groups is 1. The van der Waals surface area contributed by atoms with Gasteiger partial charge in [0.25, 0.3) is 0 Å². The van der Waals surface area contributed by atoms with Gasteiger partial charge in [-0.15, -0.1) is 0 Å². The van der Waals surface area contributed by atoms with Gasteiger partial charge in [0.15, 0.2) is 0 Å². The van der Waals surface area contributed by atoms with Crippen molar-refractivity contribution in [2.24, 2.45) is 0 Å². The predicted octanol–water partition coefficient (Wildman–Crippen LogP) is 3.65. The van der Waals surface area contributed by atoms with E-state index >= 15 is 0 Å². The summed E-state index contributed by atoms with van der Waals surface area (Å²) in [5.74, 6) is -1.15. The van der Waals surface area contributed by atoms with Crippen LogP contribution < -0.4 is 4.90 Å². The summed E-state index contributed by atoms with van der Waals surface area (Å²) in [4.78, 5) is 41.0. The molecule has 0 radical (unpaired) electrons. The van der Waals surface area contributed by atoms with Crippen LogP contribution in [0, 0.1) is 0 Å². The van der Waals surface area contributed by atoms with E-state index in [1.807, 2.05) is 72.8 Å². The van der Waals surface area contributed by atoms with Crippen LogP contribution in [0.15, 0.2) is 78.4 Å². The quantitative estimate of drug-likeness (QED) is 0.336. The van der Waals surface area contributed by atoms with Gasteiger partial charge in [-0.25, -0.2) is 0 Å². The summed E-state index contributed by atoms with van der Waals surface area (Å²) < 4.78 is 1.97. The van der Waals surface area contributed by atoms with Gasteiger partial charge in [0.2, 0.25) is 0 Å². The molecule has 7 heteroatoms. The van der Waals surface area contributed by atoms with Crippen molar-refractivity contribution in [3.8, 4) is 0 Å². The van der Waals surface area contributed by atoms with Gasteiger partial charge in [-0.05, 0) is 0 Å². The second-order valence-electron chi connectivity index (χ2n) is 6.75. The fourth-order valence-electron chi connectivity index (χ4n) is 3.21. The molecule has 0 atom stereocenters. The normalized spacial score (nSPS) is 14.3. The van der Waals surface area contributed by atoms with Gasteiger partial charge in [0, 0.05) is 0 Å². The number of urea groups is 1. The summed E-state index contributed by atoms with van der Waals surface area (Å²) in [5, 5.41) is 0. The number of hydrogen-bond donors (Lipinski definition) is 0. The van der Waals surface area contributed by atoms with E-state index in [4.69, 9.17) is 0 Å². The minimum atomic E-state index is -0.619. The maximum atomic E-state index is 12.5. The third-order valence-corrected chi connectivity index (χ3v) is 6.93. The molecule has 1 aliphatic rings. The summed E-state index contributed by atoms with van der Waals surface area (Å²) in [7, 11) is 2.76. The molecule has 1 aromatic heterocycles. The van der Waals surface area contributed by atoms with E-state index in [1.54, 1.807) is 6.08 Å². The molecule has 150 valence electrons. The zero-order valence-electron chi connectivity index (χ0n) is 16.5. The van der Waals surface area contributed by atoms with E-state index in [9.17, 15) is 14.4 Å². The van der Waals surface area contributed by atoms with Gasteiger partial charge in [0.1, 0.15) is 0 Å². The molecule has 0 spiro atoms. The minimum absolute atomic E-state index is 0.00773. The zero-order chi connectivity index (χ0) is 21.3. The maximum absolute atomic E-state index is 12.5. The molecule has 1 aliphatic heterocycles. The van der Waals surface area contributed by atoms with Gasteiger partial charge >= 0.3 is 180 Å². The molecule has 0 aliphatic carbocycles. The van der Waals surface area contributed by atoms with Gasteiger partial charge < -0.3 is 0 Å². The molecule has 0 unspecified atom stereocenters. The number of carbonyl (C=O) groups excluding carboxylic acids is 3. The monoisotopic (exact) mass is 465 g/mol. The number of para-hydroxylation sites is 2. The van der Waals surface area contributed by atoms with E-state index < -0.39 is 17.8 Å². The average Bonchev–Trinajstić information content (AvgIpc) is 3.24. The Balaban J connectivity index is 1.73. The summed E-state index contributed by atoms with van der Waals surface area (Å²) in [5.41, 5.74) is 2.08. The number of rotatable bonds is 4. The molecule has 2 heterocycles. The van der Waals surface area contributed by atoms with Crippen LogP contribution in [0.4, 0.5) is 20.7 Å². The van der Waals surface area contributed by atoms with E-state index in [0.29, 0.717) is 0 Å². The van der Waals surface area contributed by atoms with Crippen molar-refractivity contribution in [3.05, 3.63) is 82.8 Å². The molecule has 6 nitrogen and oxygen atoms in total. The van der Waals surface area contributed by atoms with Gasteiger partial charge in [-0.1, -0.05) is 0 Å². The SMILES string of the molecule is CN1C(=O)C(=Cc2ccc(N(c3ccccc3)c3ccccc3)[se]2)C(=O)N(C)C1=O. The van der Waals surface area contributed by atoms with Crippen LogP contribution in [0.1, 0.15) is 4.44 Å². The van der Waals surface area contributed by atoms with Crippen molar-refractivity contribution >= 4 is 54.4 Å². The summed E-state index contributed by atoms with van der Waals surface area (Å²) in [6.45, 7) is 0. The van der Waals surface area contributed by atoms with E-state index in [0.717, 1.165) is 30.2 Å². The van der Waals surface area contributed by atoms with Crippen molar-refractivity contribution in [1.82, 2.24) is 9.80 Å². The van der Waals surface area contributed by atoms with E-state index in [2.05, 4.69) is 4.90 Å². The summed E-state index contributed by atoms with van der Waals surface area (Å²) >= 11 is -0.127. The number of nitrogens with zero attached hydrogens (tertiary/aromatic N) is 3. The molecule has 3 aromatic rings. The molecular formula is C23H19N3O3Se. The predicted molar refractivity (Wildman–Crippen MR) is 117 cm³/mol. The summed E-state index contributed by atoms with van der Waals surface area (Å²) in [6.07, 6.45) is 1.61. The van der Waals surface area contributed by atoms with Crippen LogP contribution in [-0.2, 0) is 9.59 Å². The second-order valence-corrected chi connectivity index (χ2v) is 9.05. The molecule has 0 saturated carbocycles. The first kappa shape index (κ1) is 19.9. The van der Waals surface area contributed by atoms with Gasteiger partial charge in [0.05, 0.1) is 0 Å². The Morgan fingerprint density at radius 3 is 1.73 bits per heavy atom. The van der Waals surface area contributed by atoms with Crippen molar-refractivity contribution in [2.45, 2.75) is 0 Å². The number of likely N-dealkylation sites (N-methyl/N-ethyl adjacent to an activating group) is 2. The first-order chi connectivity index (χ1) is 14.5. The van der Waals surface area contributed by atoms with Gasteiger partial charge in [-0.3, -0.25) is 0 Å². The number of imide groups is 2. The van der Waals surface area contributed by atoms with Crippen LogP contribution in [0.2, 0.25) is 0 Å². The van der Waals surface area contributed by atoms with Crippen LogP contribution >= 0.6 is 0 Å². The Hall–Kier alpha value is -3.41. The second kappa shape index (κ2) is 8.14. The first-order valence-corrected chi connectivity index (χ1v) is 11.0. The molecule has 1 fully saturated rings. The number of hydrogen-bond acceptors (Lipinski definition) is 4. The third-order valence-electron chi connectivity index (χ3n) is 4.79. The number of anilines is 3. The standard InChI is InChI=1S/C23H19N3O3Se/c1-24-21(27)19(22(28)25(2)23(24)29)15-18-13-14-20(30-18)26(16-9-5-3-6-10-16)17-11-7-4-8-12-17/h3-15H,1-2H3. The Labute approximate surface area is 180 Å². The first-order valence-electron chi connectivity index (χ1n) is 9.29. The molecule has 1 saturated heterocycles. The van der Waals surface area contributed by atoms with Crippen molar-refractivity contribution in [1.29, 1.82) is 0 Å². The molecule has 0 bridgehead atoms. The van der Waals surface area contributed by atoms with Crippen molar-refractivity contribution < 1.29 is 14.4 Å². The fourth-order valence-corrected chi connectivity index (χ4v) is 5.30. The Kier molecular flexibility index (Phi) is 5.40. The number of carbonyl (C=O) groups is 3. The van der Waals surface area contributed by atoms with Gasteiger partial charge in [-0.2, -0.15) is 0 Å². The molecule has 4 rings (SSSR count). The Morgan fingerprint density at radius 1 is 0.733 bits per heavy atom. The fraction of sp³-hybridized carbons (Fsp3) is 0.0870. The van der Waals surface area contributed by atoms with Crippen molar-refractivity contribution in [2.75, 3.05) is 19.0 Å². The zero-order valence-corrected chi connectivity index (χ0v) is 18.2. The molecule has 2 aromatic carbocycles. The molecule has 0 N–H and O–H groups in total. The van der Waals surface area contributed by atoms with Crippen LogP contribution in [0.5, 0.6) is 0 Å². The van der Waals surface area contributed by atoms with Crippen LogP contribution in [0.25, 0.3) is 6.08 Å². The number of benzene rings is 2. The Morgan fingerprint density at radius 2 is 1.23 bits per heavy atom. The topological polar surface area (TPSA) is 60.9 Å². The van der Waals surface area contributed by atoms with E-state index in [1.165, 1.54) is 14.1 Å². The average molecular weight is 464 g/mol. The third kappa shape index (κ3) is 3.61. The molecule has 30 heavy (non-hydrogen) atoms. The van der Waals surface area contributed by atoms with E-state index in [-0.39, 0.29) is 20.1 Å².